The minimum absolute atomic E-state index is 0. The van der Waals surface area contributed by atoms with Crippen molar-refractivity contribution in [3.05, 3.63) is 0 Å². The monoisotopic (exact) mass is 1020 g/mol. The molecule has 2 atom stereocenters. The number of hydrogen-bond acceptors (Lipinski definition) is 21. The smallest absolute Gasteiger partial charge is 0.337 e. The van der Waals surface area contributed by atoms with Gasteiger partial charge in [-0.1, -0.05) is 14.9 Å². The number of carbonyl (C=O) groups excluding carboxylic acids is 7. The van der Waals surface area contributed by atoms with Gasteiger partial charge in [-0.15, -0.1) is 0 Å². The minimum atomic E-state index is -4.18. The van der Waals surface area contributed by atoms with Gasteiger partial charge < -0.3 is 38.3 Å². The van der Waals surface area contributed by atoms with Gasteiger partial charge in [0.25, 0.3) is 0 Å². The van der Waals surface area contributed by atoms with E-state index >= 15 is 0 Å². The van der Waals surface area contributed by atoms with E-state index in [1.807, 2.05) is 0 Å². The summed E-state index contributed by atoms with van der Waals surface area (Å²) in [5.41, 5.74) is -3.34. The molecule has 2 unspecified atom stereocenters. The highest BCUT2D eigenvalue weighted by molar-refractivity contribution is 7.54. The molecule has 0 heterocycles. The van der Waals surface area contributed by atoms with E-state index in [9.17, 15) is 47.5 Å². The summed E-state index contributed by atoms with van der Waals surface area (Å²) in [4.78, 5) is 95.2. The number of ether oxygens (including phenoxy) is 7. The molecule has 0 fully saturated rings. The Labute approximate surface area is 403 Å². The first-order chi connectivity index (χ1) is 30.1. The minimum Gasteiger partial charge on any atom is -0.481 e. The van der Waals surface area contributed by atoms with Crippen LogP contribution in [-0.4, -0.2) is 112 Å². The summed E-state index contributed by atoms with van der Waals surface area (Å²) >= 11 is 0. The molecule has 0 aliphatic carbocycles. The molecule has 0 saturated heterocycles. The molecule has 0 aliphatic heterocycles. The Balaban J connectivity index is -0.000000586. The molecular formula is C44H82O22P2. The molecule has 0 aromatic rings. The van der Waals surface area contributed by atoms with Crippen molar-refractivity contribution in [2.24, 2.45) is 33.5 Å². The highest BCUT2D eigenvalue weighted by atomic mass is 31.2. The Morgan fingerprint density at radius 1 is 0.426 bits per heavy atom. The van der Waals surface area contributed by atoms with Crippen LogP contribution in [0.2, 0.25) is 0 Å². The van der Waals surface area contributed by atoms with Crippen molar-refractivity contribution in [1.29, 1.82) is 0 Å². The predicted molar refractivity (Wildman–Crippen MR) is 247 cm³/mol. The van der Waals surface area contributed by atoms with Crippen molar-refractivity contribution in [3.8, 4) is 0 Å². The van der Waals surface area contributed by atoms with Gasteiger partial charge in [-0.05, 0) is 117 Å². The fourth-order valence-corrected chi connectivity index (χ4v) is 7.41. The molecule has 0 radical (unpaired) electrons. The van der Waals surface area contributed by atoms with Crippen molar-refractivity contribution in [3.63, 3.8) is 0 Å². The first kappa shape index (κ1) is 70.6. The van der Waals surface area contributed by atoms with Crippen molar-refractivity contribution >= 4 is 62.9 Å². The third-order valence-corrected chi connectivity index (χ3v) is 11.8. The van der Waals surface area contributed by atoms with Crippen LogP contribution in [0.15, 0.2) is 0 Å². The third kappa shape index (κ3) is 32.0. The zero-order valence-corrected chi connectivity index (χ0v) is 43.1. The van der Waals surface area contributed by atoms with Crippen LogP contribution in [-0.2, 0) is 98.7 Å². The molecule has 68 heavy (non-hydrogen) atoms. The SMILES string of the molecule is C.C.CCOC(=O)C(CCC(=O)O)CP(=O)(OCOC(=O)C(C)(C)C)OCOC(=O)C(C)(C)C.CCOC(=O)CCC(CP(=O)(OCOC(=O)C(C)(C)C)OCOC(=O)C(C)(C)C)C(=O)OCC. The maximum absolute atomic E-state index is 13.4. The average molecular weight is 1030 g/mol. The molecule has 0 aliphatic rings. The van der Waals surface area contributed by atoms with Crippen LogP contribution in [0.1, 0.15) is 144 Å². The molecule has 24 heteroatoms. The van der Waals surface area contributed by atoms with Crippen LogP contribution in [0.4, 0.5) is 0 Å². The van der Waals surface area contributed by atoms with Gasteiger partial charge in [0, 0.05) is 12.8 Å². The van der Waals surface area contributed by atoms with Crippen molar-refractivity contribution in [2.75, 3.05) is 59.3 Å². The van der Waals surface area contributed by atoms with Crippen molar-refractivity contribution in [2.45, 2.75) is 144 Å². The summed E-state index contributed by atoms with van der Waals surface area (Å²) in [5, 5.41) is 8.93. The molecule has 0 spiro atoms. The quantitative estimate of drug-likeness (QED) is 0.0349. The van der Waals surface area contributed by atoms with E-state index in [4.69, 9.17) is 56.4 Å². The van der Waals surface area contributed by atoms with Crippen molar-refractivity contribution < 1.29 is 104 Å². The van der Waals surface area contributed by atoms with Gasteiger partial charge in [0.1, 0.15) is 0 Å². The summed E-state index contributed by atoms with van der Waals surface area (Å²) in [6, 6.07) is 0. The van der Waals surface area contributed by atoms with Crippen LogP contribution in [0.5, 0.6) is 0 Å². The van der Waals surface area contributed by atoms with Gasteiger partial charge >= 0.3 is 62.9 Å². The molecule has 0 aromatic heterocycles. The number of carboxylic acid groups (broad SMARTS) is 1. The highest BCUT2D eigenvalue weighted by Gasteiger charge is 2.38. The van der Waals surface area contributed by atoms with E-state index in [1.54, 1.807) is 104 Å². The summed E-state index contributed by atoms with van der Waals surface area (Å²) in [6.07, 6.45) is -1.80. The second kappa shape index (κ2) is 32.8. The number of rotatable bonds is 27. The van der Waals surface area contributed by atoms with Crippen LogP contribution in [0, 0.1) is 33.5 Å². The number of hydrogen-bond donors (Lipinski definition) is 1. The largest absolute Gasteiger partial charge is 0.481 e. The lowest BCUT2D eigenvalue weighted by Gasteiger charge is -2.24. The Kier molecular flexibility index (Phi) is 34.1. The molecule has 1 N–H and O–H groups in total. The zero-order valence-electron chi connectivity index (χ0n) is 41.3. The molecule has 0 bridgehead atoms. The molecule has 0 aromatic carbocycles. The highest BCUT2D eigenvalue weighted by Crippen LogP contribution is 2.52. The Morgan fingerprint density at radius 3 is 0.897 bits per heavy atom. The number of carbonyl (C=O) groups is 8. The van der Waals surface area contributed by atoms with E-state index in [1.165, 1.54) is 0 Å². The lowest BCUT2D eigenvalue weighted by atomic mass is 9.98. The first-order valence-electron chi connectivity index (χ1n) is 21.2. The maximum atomic E-state index is 13.4. The molecule has 400 valence electrons. The number of carboxylic acids is 1. The van der Waals surface area contributed by atoms with Gasteiger partial charge in [-0.3, -0.25) is 65.6 Å². The maximum Gasteiger partial charge on any atom is 0.337 e. The molecule has 22 nitrogen and oxygen atoms in total. The van der Waals surface area contributed by atoms with E-state index < -0.39 is 136 Å². The zero-order chi connectivity index (χ0) is 51.7. The summed E-state index contributed by atoms with van der Waals surface area (Å²) in [5.74, 6) is -7.84. The third-order valence-electron chi connectivity index (χ3n) is 8.04. The molecule has 0 saturated carbocycles. The molecule has 0 amide bonds. The van der Waals surface area contributed by atoms with Gasteiger partial charge in [-0.25, -0.2) is 0 Å². The molecule has 0 rings (SSSR count). The summed E-state index contributed by atoms with van der Waals surface area (Å²) in [7, 11) is -8.33. The van der Waals surface area contributed by atoms with Crippen LogP contribution in [0.25, 0.3) is 0 Å². The Hall–Kier alpha value is -3.94. The van der Waals surface area contributed by atoms with Gasteiger partial charge in [0.15, 0.2) is 0 Å². The fourth-order valence-electron chi connectivity index (χ4n) is 4.24. The second-order valence-electron chi connectivity index (χ2n) is 18.5. The predicted octanol–water partition coefficient (Wildman–Crippen LogP) is 8.45. The summed E-state index contributed by atoms with van der Waals surface area (Å²) < 4.78 is 82.2. The fraction of sp³-hybridized carbons (Fsp3) is 0.818. The van der Waals surface area contributed by atoms with Gasteiger partial charge in [0.2, 0.25) is 27.2 Å². The average Bonchev–Trinajstić information content (AvgIpc) is 3.17. The second-order valence-corrected chi connectivity index (χ2v) is 22.7. The van der Waals surface area contributed by atoms with E-state index in [0.717, 1.165) is 0 Å². The standard InChI is InChI=1S/C22H39O11P.C20H35O11P.2CH4/c1-9-28-17(23)12-11-16(18(24)29-10-2)13-34(27,32-14-30-19(25)21(3,4)5)33-15-31-20(26)22(6,7)8;1-8-27-16(23)14(9-10-15(21)22)11-32(26,30-12-28-17(24)19(2,3)4)31-13-29-18(25)20(5,6)7;;/h16H,9-15H2,1-8H3;14H,8-13H2,1-7H3,(H,21,22);2*1H4. The van der Waals surface area contributed by atoms with Crippen molar-refractivity contribution in [1.82, 2.24) is 0 Å². The van der Waals surface area contributed by atoms with E-state index in [-0.39, 0.29) is 60.4 Å². The Bertz CT molecular complexity index is 1610. The van der Waals surface area contributed by atoms with Gasteiger partial charge in [0.05, 0.1) is 65.6 Å². The molecular weight excluding hydrogens is 942 g/mol. The normalized spacial score (nSPS) is 12.8. The number of esters is 7. The van der Waals surface area contributed by atoms with E-state index in [2.05, 4.69) is 0 Å². The van der Waals surface area contributed by atoms with E-state index in [0.29, 0.717) is 0 Å². The first-order valence-corrected chi connectivity index (χ1v) is 24.7. The number of aliphatic carboxylic acids is 1. The van der Waals surface area contributed by atoms with Gasteiger partial charge in [-0.2, -0.15) is 0 Å². The van der Waals surface area contributed by atoms with Crippen LogP contribution >= 0.6 is 15.2 Å². The lowest BCUT2D eigenvalue weighted by molar-refractivity contribution is -0.164. The lowest BCUT2D eigenvalue weighted by Crippen LogP contribution is -2.27. The topological polar surface area (TPSA) is 292 Å². The van der Waals surface area contributed by atoms with Crippen LogP contribution in [0.3, 0.4) is 0 Å². The Morgan fingerprint density at radius 2 is 0.676 bits per heavy atom. The summed E-state index contributed by atoms with van der Waals surface area (Å²) in [6.45, 7) is 21.6. The van der Waals surface area contributed by atoms with Crippen LogP contribution < -0.4 is 0 Å².